The molecular weight excluding hydrogens is 144 g/mol. The Morgan fingerprint density at radius 3 is 2.40 bits per heavy atom. The van der Waals surface area contributed by atoms with Crippen molar-refractivity contribution >= 4 is 11.3 Å². The second-order valence-corrected chi connectivity index (χ2v) is 2.62. The minimum absolute atomic E-state index is 0.560. The lowest BCUT2D eigenvalue weighted by Gasteiger charge is -1.80. The Morgan fingerprint density at radius 2 is 2.20 bits per heavy atom. The highest BCUT2D eigenvalue weighted by Crippen LogP contribution is 2.05. The molecule has 1 rings (SSSR count). The van der Waals surface area contributed by atoms with Crippen molar-refractivity contribution in [3.63, 3.8) is 0 Å². The normalized spacial score (nSPS) is 8.40. The lowest BCUT2D eigenvalue weighted by Crippen LogP contribution is -1.95. The van der Waals surface area contributed by atoms with Crippen LogP contribution >= 0.6 is 11.3 Å². The molecule has 10 heavy (non-hydrogen) atoms. The summed E-state index contributed by atoms with van der Waals surface area (Å²) in [6.45, 7) is 6.54. The smallest absolute Gasteiger partial charge is 0.0897 e. The minimum Gasteiger partial charge on any atom is -0.325 e. The minimum atomic E-state index is 0.560. The van der Waals surface area contributed by atoms with Crippen molar-refractivity contribution in [1.82, 2.24) is 4.98 Å². The van der Waals surface area contributed by atoms with E-state index in [4.69, 9.17) is 5.73 Å². The highest BCUT2D eigenvalue weighted by molar-refractivity contribution is 7.09. The monoisotopic (exact) mass is 158 g/mol. The van der Waals surface area contributed by atoms with Crippen molar-refractivity contribution < 1.29 is 0 Å². The van der Waals surface area contributed by atoms with Gasteiger partial charge < -0.3 is 5.73 Å². The Labute approximate surface area is 66.1 Å². The summed E-state index contributed by atoms with van der Waals surface area (Å²) >= 11 is 1.64. The number of hydrogen-bond donors (Lipinski definition) is 1. The van der Waals surface area contributed by atoms with Crippen LogP contribution in [0.3, 0.4) is 0 Å². The Morgan fingerprint density at radius 1 is 1.60 bits per heavy atom. The first-order valence-electron chi connectivity index (χ1n) is 3.44. The van der Waals surface area contributed by atoms with E-state index in [1.54, 1.807) is 11.3 Å². The van der Waals surface area contributed by atoms with Crippen LogP contribution in [0.15, 0.2) is 5.38 Å². The van der Waals surface area contributed by atoms with E-state index in [9.17, 15) is 0 Å². The van der Waals surface area contributed by atoms with Crippen molar-refractivity contribution in [2.24, 2.45) is 5.73 Å². The maximum atomic E-state index is 5.31. The first-order valence-corrected chi connectivity index (χ1v) is 4.32. The largest absolute Gasteiger partial charge is 0.325 e. The second kappa shape index (κ2) is 5.38. The molecule has 0 aliphatic heterocycles. The van der Waals surface area contributed by atoms with E-state index < -0.39 is 0 Å². The van der Waals surface area contributed by atoms with Crippen LogP contribution in [-0.4, -0.2) is 4.98 Å². The summed E-state index contributed by atoms with van der Waals surface area (Å²) in [5.74, 6) is 0. The Balaban J connectivity index is 0.000000371. The zero-order valence-electron chi connectivity index (χ0n) is 6.72. The highest BCUT2D eigenvalue weighted by Gasteiger charge is 1.91. The number of rotatable bonds is 1. The molecule has 0 unspecified atom stereocenters. The van der Waals surface area contributed by atoms with Crippen LogP contribution in [0.4, 0.5) is 0 Å². The molecule has 0 amide bonds. The summed E-state index contributed by atoms with van der Waals surface area (Å²) in [5.41, 5.74) is 6.30. The molecule has 0 fully saturated rings. The third kappa shape index (κ3) is 2.94. The van der Waals surface area contributed by atoms with E-state index in [0.717, 1.165) is 10.7 Å². The lowest BCUT2D eigenvalue weighted by atomic mass is 10.5. The molecule has 0 radical (unpaired) electrons. The number of thiazole rings is 1. The van der Waals surface area contributed by atoms with Crippen molar-refractivity contribution in [3.8, 4) is 0 Å². The average molecular weight is 158 g/mol. The molecule has 0 saturated heterocycles. The summed E-state index contributed by atoms with van der Waals surface area (Å²) < 4.78 is 0. The van der Waals surface area contributed by atoms with Gasteiger partial charge in [0.25, 0.3) is 0 Å². The summed E-state index contributed by atoms with van der Waals surface area (Å²) in [6.07, 6.45) is 0. The molecule has 2 N–H and O–H groups in total. The van der Waals surface area contributed by atoms with Crippen LogP contribution in [0.25, 0.3) is 0 Å². The van der Waals surface area contributed by atoms with Crippen molar-refractivity contribution in [2.75, 3.05) is 0 Å². The molecule has 3 heteroatoms. The first-order chi connectivity index (χ1) is 4.83. The Bertz CT molecular complexity index is 172. The SMILES string of the molecule is CC.Cc1nc(CN)cs1. The van der Waals surface area contributed by atoms with Gasteiger partial charge in [-0.25, -0.2) is 4.98 Å². The molecule has 1 aromatic heterocycles. The third-order valence-corrected chi connectivity index (χ3v) is 1.70. The first kappa shape index (κ1) is 9.59. The molecule has 0 atom stereocenters. The fourth-order valence-electron chi connectivity index (χ4n) is 0.502. The van der Waals surface area contributed by atoms with Crippen molar-refractivity contribution in [3.05, 3.63) is 16.1 Å². The molecule has 2 nitrogen and oxygen atoms in total. The fourth-order valence-corrected chi connectivity index (χ4v) is 1.13. The molecule has 0 aromatic carbocycles. The van der Waals surface area contributed by atoms with Gasteiger partial charge in [-0.05, 0) is 6.92 Å². The van der Waals surface area contributed by atoms with Crippen LogP contribution in [0.5, 0.6) is 0 Å². The molecule has 0 spiro atoms. The van der Waals surface area contributed by atoms with Gasteiger partial charge >= 0.3 is 0 Å². The van der Waals surface area contributed by atoms with E-state index in [2.05, 4.69) is 4.98 Å². The van der Waals surface area contributed by atoms with Gasteiger partial charge in [-0.15, -0.1) is 11.3 Å². The summed E-state index contributed by atoms with van der Waals surface area (Å²) in [6, 6.07) is 0. The summed E-state index contributed by atoms with van der Waals surface area (Å²) in [5, 5.41) is 3.07. The van der Waals surface area contributed by atoms with Gasteiger partial charge in [0.15, 0.2) is 0 Å². The number of nitrogens with zero attached hydrogens (tertiary/aromatic N) is 1. The Hall–Kier alpha value is -0.410. The van der Waals surface area contributed by atoms with Crippen LogP contribution in [0, 0.1) is 6.92 Å². The molecule has 0 bridgehead atoms. The van der Waals surface area contributed by atoms with Crippen molar-refractivity contribution in [1.29, 1.82) is 0 Å². The van der Waals surface area contributed by atoms with Crippen LogP contribution in [0.2, 0.25) is 0 Å². The molecule has 58 valence electrons. The lowest BCUT2D eigenvalue weighted by molar-refractivity contribution is 0.999. The molecule has 1 heterocycles. The summed E-state index contributed by atoms with van der Waals surface area (Å²) in [4.78, 5) is 4.12. The van der Waals surface area contributed by atoms with E-state index in [-0.39, 0.29) is 0 Å². The molecule has 1 aromatic rings. The molecule has 0 aliphatic carbocycles. The molecule has 0 aliphatic rings. The molecular formula is C7H14N2S. The van der Waals surface area contributed by atoms with Gasteiger partial charge in [-0.2, -0.15) is 0 Å². The zero-order chi connectivity index (χ0) is 7.98. The van der Waals surface area contributed by atoms with Gasteiger partial charge in [0, 0.05) is 11.9 Å². The van der Waals surface area contributed by atoms with Crippen LogP contribution in [-0.2, 0) is 6.54 Å². The van der Waals surface area contributed by atoms with E-state index in [1.165, 1.54) is 0 Å². The predicted octanol–water partition coefficient (Wildman–Crippen LogP) is 1.94. The predicted molar refractivity (Wildman–Crippen MR) is 46.1 cm³/mol. The topological polar surface area (TPSA) is 38.9 Å². The average Bonchev–Trinajstić information content (AvgIpc) is 2.40. The standard InChI is InChI=1S/C5H8N2S.C2H6/c1-4-7-5(2-6)3-8-4;1-2/h3H,2,6H2,1H3;1-2H3. The quantitative estimate of drug-likeness (QED) is 0.678. The fraction of sp³-hybridized carbons (Fsp3) is 0.571. The summed E-state index contributed by atoms with van der Waals surface area (Å²) in [7, 11) is 0. The van der Waals surface area contributed by atoms with E-state index in [1.807, 2.05) is 26.2 Å². The molecule has 0 saturated carbocycles. The van der Waals surface area contributed by atoms with Gasteiger partial charge in [0.05, 0.1) is 10.7 Å². The highest BCUT2D eigenvalue weighted by atomic mass is 32.1. The van der Waals surface area contributed by atoms with E-state index >= 15 is 0 Å². The number of aromatic nitrogens is 1. The van der Waals surface area contributed by atoms with Gasteiger partial charge in [0.1, 0.15) is 0 Å². The van der Waals surface area contributed by atoms with Gasteiger partial charge in [0.2, 0.25) is 0 Å². The van der Waals surface area contributed by atoms with Gasteiger partial charge in [-0.3, -0.25) is 0 Å². The maximum Gasteiger partial charge on any atom is 0.0897 e. The number of hydrogen-bond acceptors (Lipinski definition) is 3. The van der Waals surface area contributed by atoms with E-state index in [0.29, 0.717) is 6.54 Å². The second-order valence-electron chi connectivity index (χ2n) is 1.56. The maximum absolute atomic E-state index is 5.31. The van der Waals surface area contributed by atoms with Crippen LogP contribution in [0.1, 0.15) is 24.5 Å². The Kier molecular flexibility index (Phi) is 5.16. The van der Waals surface area contributed by atoms with Crippen LogP contribution < -0.4 is 5.73 Å². The van der Waals surface area contributed by atoms with Gasteiger partial charge in [-0.1, -0.05) is 13.8 Å². The van der Waals surface area contributed by atoms with Crippen molar-refractivity contribution in [2.45, 2.75) is 27.3 Å². The third-order valence-electron chi connectivity index (χ3n) is 0.876. The number of nitrogens with two attached hydrogens (primary N) is 1. The zero-order valence-corrected chi connectivity index (χ0v) is 7.53. The number of aryl methyl sites for hydroxylation is 1.